The zero-order valence-corrected chi connectivity index (χ0v) is 12.3. The van der Waals surface area contributed by atoms with Crippen molar-refractivity contribution < 1.29 is 0 Å². The lowest BCUT2D eigenvalue weighted by molar-refractivity contribution is 0.168. The molecule has 17 heavy (non-hydrogen) atoms. The third kappa shape index (κ3) is 3.44. The van der Waals surface area contributed by atoms with E-state index in [4.69, 9.17) is 11.6 Å². The zero-order valence-electron chi connectivity index (χ0n) is 10.7. The van der Waals surface area contributed by atoms with E-state index in [1.54, 1.807) is 11.3 Å². The van der Waals surface area contributed by atoms with Gasteiger partial charge in [0.1, 0.15) is 0 Å². The number of nitrogens with one attached hydrogen (secondary N) is 1. The predicted molar refractivity (Wildman–Crippen MR) is 75.9 cm³/mol. The molecule has 4 heteroatoms. The molecule has 2 heterocycles. The second-order valence-corrected chi connectivity index (χ2v) is 6.75. The number of thiophene rings is 1. The highest BCUT2D eigenvalue weighted by Crippen LogP contribution is 2.26. The summed E-state index contributed by atoms with van der Waals surface area (Å²) in [6, 6.07) is 3.10. The van der Waals surface area contributed by atoms with E-state index in [1.807, 2.05) is 0 Å². The minimum atomic E-state index is 0.398. The van der Waals surface area contributed by atoms with Crippen LogP contribution < -0.4 is 5.32 Å². The highest BCUT2D eigenvalue weighted by Gasteiger charge is 2.25. The predicted octanol–water partition coefficient (Wildman–Crippen LogP) is 3.39. The van der Waals surface area contributed by atoms with Crippen molar-refractivity contribution in [2.75, 3.05) is 20.1 Å². The molecule has 1 N–H and O–H groups in total. The summed E-state index contributed by atoms with van der Waals surface area (Å²) in [6.07, 6.45) is 1.24. The van der Waals surface area contributed by atoms with Gasteiger partial charge in [0.25, 0.3) is 0 Å². The maximum atomic E-state index is 5.98. The molecule has 2 rings (SSSR count). The summed E-state index contributed by atoms with van der Waals surface area (Å²) in [4.78, 5) is 2.41. The van der Waals surface area contributed by atoms with Gasteiger partial charge < -0.3 is 10.2 Å². The van der Waals surface area contributed by atoms with Gasteiger partial charge in [-0.05, 0) is 49.9 Å². The van der Waals surface area contributed by atoms with Gasteiger partial charge in [-0.1, -0.05) is 18.5 Å². The molecule has 1 aromatic heterocycles. The summed E-state index contributed by atoms with van der Waals surface area (Å²) >= 11 is 7.59. The van der Waals surface area contributed by atoms with E-state index in [-0.39, 0.29) is 0 Å². The van der Waals surface area contributed by atoms with Gasteiger partial charge in [0.15, 0.2) is 0 Å². The largest absolute Gasteiger partial charge is 0.307 e. The smallest absolute Gasteiger partial charge is 0.0931 e. The fourth-order valence-corrected chi connectivity index (χ4v) is 3.55. The van der Waals surface area contributed by atoms with Crippen LogP contribution in [0.5, 0.6) is 0 Å². The number of hydrogen-bond acceptors (Lipinski definition) is 3. The average Bonchev–Trinajstić information content (AvgIpc) is 2.69. The Morgan fingerprint density at radius 2 is 2.35 bits per heavy atom. The minimum Gasteiger partial charge on any atom is -0.307 e. The van der Waals surface area contributed by atoms with Gasteiger partial charge in [-0.15, -0.1) is 11.3 Å². The average molecular weight is 273 g/mol. The van der Waals surface area contributed by atoms with Crippen LogP contribution in [0.1, 0.15) is 31.9 Å². The molecule has 0 radical (unpaired) electrons. The third-order valence-corrected chi connectivity index (χ3v) is 4.77. The Kier molecular flexibility index (Phi) is 4.47. The first-order chi connectivity index (χ1) is 8.06. The van der Waals surface area contributed by atoms with Gasteiger partial charge in [0.05, 0.1) is 4.34 Å². The molecule has 96 valence electrons. The van der Waals surface area contributed by atoms with E-state index in [1.165, 1.54) is 25.1 Å². The molecule has 3 atom stereocenters. The molecule has 0 spiro atoms. The number of nitrogens with zero attached hydrogens (tertiary/aromatic N) is 1. The van der Waals surface area contributed by atoms with Crippen molar-refractivity contribution in [3.8, 4) is 0 Å². The summed E-state index contributed by atoms with van der Waals surface area (Å²) < 4.78 is 0.880. The third-order valence-electron chi connectivity index (χ3n) is 3.66. The molecule has 0 saturated carbocycles. The number of hydrogen-bond donors (Lipinski definition) is 1. The van der Waals surface area contributed by atoms with Gasteiger partial charge in [-0.25, -0.2) is 0 Å². The van der Waals surface area contributed by atoms with Gasteiger partial charge in [0, 0.05) is 18.6 Å². The SMILES string of the molecule is CC(NC1CCN(C)CC1C)c1csc(Cl)c1. The van der Waals surface area contributed by atoms with Gasteiger partial charge >= 0.3 is 0 Å². The van der Waals surface area contributed by atoms with Crippen LogP contribution in [0.2, 0.25) is 4.34 Å². The Hall–Kier alpha value is -0.0900. The number of piperidine rings is 1. The first kappa shape index (κ1) is 13.3. The first-order valence-corrected chi connectivity index (χ1v) is 7.50. The van der Waals surface area contributed by atoms with Crippen molar-refractivity contribution in [1.82, 2.24) is 10.2 Å². The lowest BCUT2D eigenvalue weighted by Gasteiger charge is -2.36. The maximum Gasteiger partial charge on any atom is 0.0931 e. The molecular formula is C13H21ClN2S. The van der Waals surface area contributed by atoms with Crippen molar-refractivity contribution in [2.24, 2.45) is 5.92 Å². The minimum absolute atomic E-state index is 0.398. The molecule has 0 aliphatic carbocycles. The normalized spacial score (nSPS) is 28.2. The molecule has 3 unspecified atom stereocenters. The highest BCUT2D eigenvalue weighted by molar-refractivity contribution is 7.14. The van der Waals surface area contributed by atoms with Gasteiger partial charge in [0.2, 0.25) is 0 Å². The van der Waals surface area contributed by atoms with E-state index in [0.29, 0.717) is 18.0 Å². The lowest BCUT2D eigenvalue weighted by atomic mass is 9.93. The summed E-state index contributed by atoms with van der Waals surface area (Å²) in [7, 11) is 2.20. The summed E-state index contributed by atoms with van der Waals surface area (Å²) in [5, 5.41) is 5.89. The van der Waals surface area contributed by atoms with E-state index >= 15 is 0 Å². The second kappa shape index (κ2) is 5.70. The quantitative estimate of drug-likeness (QED) is 0.907. The van der Waals surface area contributed by atoms with Crippen LogP contribution in [0.25, 0.3) is 0 Å². The monoisotopic (exact) mass is 272 g/mol. The molecule has 0 bridgehead atoms. The topological polar surface area (TPSA) is 15.3 Å². The Labute approximate surface area is 113 Å². The van der Waals surface area contributed by atoms with Crippen LogP contribution in [-0.2, 0) is 0 Å². The van der Waals surface area contributed by atoms with Crippen molar-refractivity contribution in [3.05, 3.63) is 21.3 Å². The Bertz CT molecular complexity index is 366. The fourth-order valence-electron chi connectivity index (χ4n) is 2.57. The number of likely N-dealkylation sites (tertiary alicyclic amines) is 1. The van der Waals surface area contributed by atoms with Crippen LogP contribution in [0.4, 0.5) is 0 Å². The molecule has 1 aromatic rings. The van der Waals surface area contributed by atoms with E-state index < -0.39 is 0 Å². The molecule has 2 nitrogen and oxygen atoms in total. The van der Waals surface area contributed by atoms with Gasteiger partial charge in [-0.2, -0.15) is 0 Å². The summed E-state index contributed by atoms with van der Waals surface area (Å²) in [5.74, 6) is 0.713. The highest BCUT2D eigenvalue weighted by atomic mass is 35.5. The lowest BCUT2D eigenvalue weighted by Crippen LogP contribution is -2.47. The molecule has 1 saturated heterocycles. The Morgan fingerprint density at radius 3 is 2.94 bits per heavy atom. The standard InChI is InChI=1S/C13H21ClN2S/c1-9-7-16(3)5-4-12(9)15-10(2)11-6-13(14)17-8-11/h6,8-10,12,15H,4-5,7H2,1-3H3. The van der Waals surface area contributed by atoms with E-state index in [2.05, 4.69) is 42.6 Å². The Balaban J connectivity index is 1.92. The van der Waals surface area contributed by atoms with Crippen molar-refractivity contribution in [1.29, 1.82) is 0 Å². The van der Waals surface area contributed by atoms with E-state index in [9.17, 15) is 0 Å². The van der Waals surface area contributed by atoms with Crippen LogP contribution in [0.15, 0.2) is 11.4 Å². The second-order valence-electron chi connectivity index (χ2n) is 5.21. The summed E-state index contributed by atoms with van der Waals surface area (Å²) in [5.41, 5.74) is 1.31. The van der Waals surface area contributed by atoms with Crippen LogP contribution >= 0.6 is 22.9 Å². The molecule has 0 aromatic carbocycles. The van der Waals surface area contributed by atoms with Crippen LogP contribution in [0.3, 0.4) is 0 Å². The molecule has 1 aliphatic rings. The summed E-state index contributed by atoms with van der Waals surface area (Å²) in [6.45, 7) is 6.94. The number of halogens is 1. The van der Waals surface area contributed by atoms with Crippen molar-refractivity contribution >= 4 is 22.9 Å². The van der Waals surface area contributed by atoms with Crippen LogP contribution in [-0.4, -0.2) is 31.1 Å². The zero-order chi connectivity index (χ0) is 12.4. The van der Waals surface area contributed by atoms with Crippen molar-refractivity contribution in [3.63, 3.8) is 0 Å². The fraction of sp³-hybridized carbons (Fsp3) is 0.692. The van der Waals surface area contributed by atoms with Crippen LogP contribution in [0, 0.1) is 5.92 Å². The van der Waals surface area contributed by atoms with Crippen molar-refractivity contribution in [2.45, 2.75) is 32.4 Å². The Morgan fingerprint density at radius 1 is 1.59 bits per heavy atom. The molecule has 1 fully saturated rings. The first-order valence-electron chi connectivity index (χ1n) is 6.25. The molecular weight excluding hydrogens is 252 g/mol. The molecule has 1 aliphatic heterocycles. The molecule has 0 amide bonds. The maximum absolute atomic E-state index is 5.98. The van der Waals surface area contributed by atoms with Gasteiger partial charge in [-0.3, -0.25) is 0 Å². The number of rotatable bonds is 3. The van der Waals surface area contributed by atoms with E-state index in [0.717, 1.165) is 4.34 Å².